The third-order valence-electron chi connectivity index (χ3n) is 3.51. The molecule has 0 aliphatic carbocycles. The lowest BCUT2D eigenvalue weighted by molar-refractivity contribution is -0.274. The molecule has 1 aromatic heterocycles. The van der Waals surface area contributed by atoms with E-state index in [-0.39, 0.29) is 5.75 Å². The Morgan fingerprint density at radius 3 is 2.48 bits per heavy atom. The first kappa shape index (κ1) is 18.3. The van der Waals surface area contributed by atoms with Crippen LogP contribution < -0.4 is 15.2 Å². The molecule has 2 N–H and O–H groups in total. The van der Waals surface area contributed by atoms with E-state index in [4.69, 9.17) is 10.5 Å². The number of rotatable bonds is 5. The van der Waals surface area contributed by atoms with Crippen LogP contribution in [0.5, 0.6) is 11.5 Å². The Labute approximate surface area is 152 Å². The molecule has 6 nitrogen and oxygen atoms in total. The number of nitrogen functional groups attached to an aromatic ring is 1. The van der Waals surface area contributed by atoms with E-state index in [2.05, 4.69) is 14.8 Å². The SMILES string of the molecule is COc1cc(N)ccc1/C=C/c1ncn(-c2ccc(OC(F)(F)F)cc2)n1. The lowest BCUT2D eigenvalue weighted by Crippen LogP contribution is -2.17. The second-order valence-electron chi connectivity index (χ2n) is 5.42. The van der Waals surface area contributed by atoms with E-state index in [0.29, 0.717) is 22.9 Å². The molecule has 0 radical (unpaired) electrons. The number of nitrogens with zero attached hydrogens (tertiary/aromatic N) is 3. The molecular weight excluding hydrogens is 361 g/mol. The average Bonchev–Trinajstić information content (AvgIpc) is 3.09. The molecule has 0 saturated carbocycles. The van der Waals surface area contributed by atoms with Gasteiger partial charge in [0.1, 0.15) is 17.8 Å². The van der Waals surface area contributed by atoms with E-state index < -0.39 is 6.36 Å². The van der Waals surface area contributed by atoms with Crippen molar-refractivity contribution in [2.45, 2.75) is 6.36 Å². The highest BCUT2D eigenvalue weighted by atomic mass is 19.4. The van der Waals surface area contributed by atoms with E-state index in [0.717, 1.165) is 5.56 Å². The van der Waals surface area contributed by atoms with Gasteiger partial charge in [-0.1, -0.05) is 0 Å². The van der Waals surface area contributed by atoms with Gasteiger partial charge in [0.15, 0.2) is 5.82 Å². The summed E-state index contributed by atoms with van der Waals surface area (Å²) in [6.07, 6.45) is 0.194. The predicted molar refractivity (Wildman–Crippen MR) is 94.4 cm³/mol. The summed E-state index contributed by atoms with van der Waals surface area (Å²) in [5.74, 6) is 0.734. The standard InChI is InChI=1S/C18H15F3N4O2/c1-26-16-10-13(22)4-2-12(16)3-9-17-23-11-25(24-17)14-5-7-15(8-6-14)27-18(19,20)21/h2-11H,22H2,1H3/b9-3+. The highest BCUT2D eigenvalue weighted by Gasteiger charge is 2.30. The van der Waals surface area contributed by atoms with Gasteiger partial charge in [-0.05, 0) is 48.6 Å². The summed E-state index contributed by atoms with van der Waals surface area (Å²) in [4.78, 5) is 4.15. The summed E-state index contributed by atoms with van der Waals surface area (Å²) in [6, 6.07) is 10.6. The number of hydrogen-bond donors (Lipinski definition) is 1. The number of anilines is 1. The first-order valence-electron chi connectivity index (χ1n) is 7.73. The molecule has 0 atom stereocenters. The normalized spacial score (nSPS) is 11.7. The molecule has 2 aromatic carbocycles. The largest absolute Gasteiger partial charge is 0.573 e. The van der Waals surface area contributed by atoms with Gasteiger partial charge in [0.2, 0.25) is 0 Å². The first-order chi connectivity index (χ1) is 12.8. The van der Waals surface area contributed by atoms with Crippen LogP contribution in [0, 0.1) is 0 Å². The maximum atomic E-state index is 12.2. The van der Waals surface area contributed by atoms with E-state index in [1.165, 1.54) is 35.3 Å². The quantitative estimate of drug-likeness (QED) is 0.683. The van der Waals surface area contributed by atoms with Crippen LogP contribution >= 0.6 is 0 Å². The number of alkyl halides is 3. The molecule has 0 aliphatic heterocycles. The zero-order valence-corrected chi connectivity index (χ0v) is 14.1. The minimum absolute atomic E-state index is 0.304. The van der Waals surface area contributed by atoms with Gasteiger partial charge in [-0.15, -0.1) is 18.3 Å². The van der Waals surface area contributed by atoms with Gasteiger partial charge in [0.25, 0.3) is 0 Å². The van der Waals surface area contributed by atoms with Gasteiger partial charge in [0, 0.05) is 17.3 Å². The molecule has 140 valence electrons. The molecule has 0 aliphatic rings. The Kier molecular flexibility index (Phi) is 5.02. The average molecular weight is 376 g/mol. The summed E-state index contributed by atoms with van der Waals surface area (Å²) in [5.41, 5.74) is 7.65. The monoisotopic (exact) mass is 376 g/mol. The van der Waals surface area contributed by atoms with Crippen LogP contribution in [-0.2, 0) is 0 Å². The number of nitrogens with two attached hydrogens (primary N) is 1. The summed E-state index contributed by atoms with van der Waals surface area (Å²) >= 11 is 0. The topological polar surface area (TPSA) is 75.2 Å². The minimum atomic E-state index is -4.73. The van der Waals surface area contributed by atoms with Crippen molar-refractivity contribution in [3.05, 3.63) is 60.2 Å². The van der Waals surface area contributed by atoms with Gasteiger partial charge in [-0.25, -0.2) is 9.67 Å². The van der Waals surface area contributed by atoms with Crippen molar-refractivity contribution in [1.82, 2.24) is 14.8 Å². The van der Waals surface area contributed by atoms with Crippen LogP contribution in [0.2, 0.25) is 0 Å². The molecular formula is C18H15F3N4O2. The Bertz CT molecular complexity index is 950. The fraction of sp³-hybridized carbons (Fsp3) is 0.111. The van der Waals surface area contributed by atoms with Crippen LogP contribution in [0.15, 0.2) is 48.8 Å². The summed E-state index contributed by atoms with van der Waals surface area (Å²) in [5, 5.41) is 4.26. The second-order valence-corrected chi connectivity index (χ2v) is 5.42. The predicted octanol–water partition coefficient (Wildman–Crippen LogP) is 3.93. The number of methoxy groups -OCH3 is 1. The summed E-state index contributed by atoms with van der Waals surface area (Å²) in [6.45, 7) is 0. The fourth-order valence-electron chi connectivity index (χ4n) is 2.31. The first-order valence-corrected chi connectivity index (χ1v) is 7.73. The number of halogens is 3. The molecule has 3 aromatic rings. The molecule has 0 bridgehead atoms. The maximum Gasteiger partial charge on any atom is 0.573 e. The molecule has 9 heteroatoms. The lowest BCUT2D eigenvalue weighted by Gasteiger charge is -2.09. The molecule has 0 fully saturated rings. The number of aromatic nitrogens is 3. The van der Waals surface area contributed by atoms with Crippen LogP contribution in [0.1, 0.15) is 11.4 Å². The molecule has 3 rings (SSSR count). The van der Waals surface area contributed by atoms with Gasteiger partial charge in [-0.2, -0.15) is 0 Å². The van der Waals surface area contributed by atoms with Crippen molar-refractivity contribution >= 4 is 17.8 Å². The highest BCUT2D eigenvalue weighted by molar-refractivity contribution is 5.71. The lowest BCUT2D eigenvalue weighted by atomic mass is 10.1. The highest BCUT2D eigenvalue weighted by Crippen LogP contribution is 2.24. The fourth-order valence-corrected chi connectivity index (χ4v) is 2.31. The smallest absolute Gasteiger partial charge is 0.496 e. The molecule has 0 unspecified atom stereocenters. The van der Waals surface area contributed by atoms with Crippen molar-refractivity contribution in [1.29, 1.82) is 0 Å². The Hall–Kier alpha value is -3.49. The van der Waals surface area contributed by atoms with E-state index in [1.54, 1.807) is 37.5 Å². The molecule has 0 saturated heterocycles. The van der Waals surface area contributed by atoms with Gasteiger partial charge in [-0.3, -0.25) is 0 Å². The minimum Gasteiger partial charge on any atom is -0.496 e. The maximum absolute atomic E-state index is 12.2. The van der Waals surface area contributed by atoms with Crippen molar-refractivity contribution < 1.29 is 22.6 Å². The van der Waals surface area contributed by atoms with Crippen molar-refractivity contribution in [3.8, 4) is 17.2 Å². The molecule has 0 spiro atoms. The molecule has 1 heterocycles. The van der Waals surface area contributed by atoms with E-state index >= 15 is 0 Å². The molecule has 27 heavy (non-hydrogen) atoms. The van der Waals surface area contributed by atoms with E-state index in [9.17, 15) is 13.2 Å². The van der Waals surface area contributed by atoms with Crippen molar-refractivity contribution in [2.75, 3.05) is 12.8 Å². The second kappa shape index (κ2) is 7.40. The third-order valence-corrected chi connectivity index (χ3v) is 3.51. The zero-order valence-electron chi connectivity index (χ0n) is 14.1. The van der Waals surface area contributed by atoms with E-state index in [1.807, 2.05) is 0 Å². The van der Waals surface area contributed by atoms with Gasteiger partial charge >= 0.3 is 6.36 Å². The Morgan fingerprint density at radius 1 is 1.07 bits per heavy atom. The van der Waals surface area contributed by atoms with Crippen LogP contribution in [0.3, 0.4) is 0 Å². The van der Waals surface area contributed by atoms with Crippen LogP contribution in [-0.4, -0.2) is 28.2 Å². The molecule has 0 amide bonds. The van der Waals surface area contributed by atoms with Crippen LogP contribution in [0.4, 0.5) is 18.9 Å². The summed E-state index contributed by atoms with van der Waals surface area (Å²) in [7, 11) is 1.55. The number of benzene rings is 2. The zero-order chi connectivity index (χ0) is 19.4. The Morgan fingerprint density at radius 2 is 1.81 bits per heavy atom. The Balaban J connectivity index is 1.75. The van der Waals surface area contributed by atoms with Gasteiger partial charge < -0.3 is 15.2 Å². The summed E-state index contributed by atoms with van der Waals surface area (Å²) < 4.78 is 47.1. The van der Waals surface area contributed by atoms with Crippen molar-refractivity contribution in [3.63, 3.8) is 0 Å². The number of ether oxygens (including phenoxy) is 2. The van der Waals surface area contributed by atoms with Crippen LogP contribution in [0.25, 0.3) is 17.8 Å². The van der Waals surface area contributed by atoms with Crippen molar-refractivity contribution in [2.24, 2.45) is 0 Å². The van der Waals surface area contributed by atoms with Gasteiger partial charge in [0.05, 0.1) is 12.8 Å². The third kappa shape index (κ3) is 4.78. The number of hydrogen-bond acceptors (Lipinski definition) is 5.